The Bertz CT molecular complexity index is 485. The number of carbonyl (C=O) groups is 1. The highest BCUT2D eigenvalue weighted by molar-refractivity contribution is 5.81. The summed E-state index contributed by atoms with van der Waals surface area (Å²) in [6.07, 6.45) is 0.242. The lowest BCUT2D eigenvalue weighted by molar-refractivity contribution is -0.131. The van der Waals surface area contributed by atoms with Crippen LogP contribution in [0.1, 0.15) is 26.3 Å². The van der Waals surface area contributed by atoms with Crippen molar-refractivity contribution in [2.75, 3.05) is 13.1 Å². The lowest BCUT2D eigenvalue weighted by Crippen LogP contribution is -2.53. The third-order valence-electron chi connectivity index (χ3n) is 3.79. The molecule has 1 aromatic rings. The van der Waals surface area contributed by atoms with Crippen LogP contribution in [0, 0.1) is 5.82 Å². The summed E-state index contributed by atoms with van der Waals surface area (Å²) in [6.45, 7) is 7.57. The molecule has 0 saturated carbocycles. The van der Waals surface area contributed by atoms with Crippen LogP contribution in [0.5, 0.6) is 0 Å². The average molecular weight is 294 g/mol. The molecule has 1 aliphatic rings. The van der Waals surface area contributed by atoms with Gasteiger partial charge in [0.15, 0.2) is 0 Å². The molecule has 0 radical (unpaired) electrons. The molecule has 2 rings (SSSR count). The Hall–Kier alpha value is -1.46. The van der Waals surface area contributed by atoms with Crippen molar-refractivity contribution in [2.45, 2.75) is 45.6 Å². The van der Waals surface area contributed by atoms with Gasteiger partial charge in [0.05, 0.1) is 18.2 Å². The second kappa shape index (κ2) is 7.00. The molecule has 3 atom stereocenters. The fourth-order valence-electron chi connectivity index (χ4n) is 2.67. The number of nitrogens with zero attached hydrogens (tertiary/aromatic N) is 1. The molecule has 5 heteroatoms. The summed E-state index contributed by atoms with van der Waals surface area (Å²) in [5, 5.41) is 2.81. The Kier molecular flexibility index (Phi) is 5.31. The van der Waals surface area contributed by atoms with E-state index in [4.69, 9.17) is 4.74 Å². The van der Waals surface area contributed by atoms with Crippen LogP contribution in [0.4, 0.5) is 4.39 Å². The number of nitrogens with one attached hydrogen (secondary N) is 1. The Labute approximate surface area is 125 Å². The third kappa shape index (κ3) is 4.25. The topological polar surface area (TPSA) is 41.6 Å². The predicted molar refractivity (Wildman–Crippen MR) is 79.3 cm³/mol. The van der Waals surface area contributed by atoms with Crippen LogP contribution < -0.4 is 5.32 Å². The first-order valence-corrected chi connectivity index (χ1v) is 7.38. The fraction of sp³-hybridized carbons (Fsp3) is 0.562. The molecule has 0 spiro atoms. The fourth-order valence-corrected chi connectivity index (χ4v) is 2.67. The van der Waals surface area contributed by atoms with E-state index >= 15 is 0 Å². The summed E-state index contributed by atoms with van der Waals surface area (Å²) in [6, 6.07) is 6.24. The zero-order valence-corrected chi connectivity index (χ0v) is 12.8. The Balaban J connectivity index is 1.89. The van der Waals surface area contributed by atoms with Gasteiger partial charge in [0.2, 0.25) is 5.91 Å². The van der Waals surface area contributed by atoms with Gasteiger partial charge in [-0.05, 0) is 26.8 Å². The molecular formula is C16H23FN2O2. The van der Waals surface area contributed by atoms with Crippen LogP contribution >= 0.6 is 0 Å². The van der Waals surface area contributed by atoms with Crippen molar-refractivity contribution in [3.8, 4) is 0 Å². The normalized spacial score (nSPS) is 24.6. The number of rotatable bonds is 4. The largest absolute Gasteiger partial charge is 0.373 e. The number of ether oxygens (including phenoxy) is 1. The van der Waals surface area contributed by atoms with Crippen LogP contribution in [-0.4, -0.2) is 42.1 Å². The highest BCUT2D eigenvalue weighted by atomic mass is 19.1. The minimum absolute atomic E-state index is 0.0837. The maximum atomic E-state index is 13.5. The van der Waals surface area contributed by atoms with Gasteiger partial charge in [0.25, 0.3) is 0 Å². The van der Waals surface area contributed by atoms with Crippen molar-refractivity contribution >= 4 is 5.91 Å². The molecule has 116 valence electrons. The summed E-state index contributed by atoms with van der Waals surface area (Å²) in [5.74, 6) is -0.376. The Morgan fingerprint density at radius 1 is 1.38 bits per heavy atom. The lowest BCUT2D eigenvalue weighted by atomic mass is 10.1. The monoisotopic (exact) mass is 294 g/mol. The molecule has 4 nitrogen and oxygen atoms in total. The first-order valence-electron chi connectivity index (χ1n) is 7.38. The highest BCUT2D eigenvalue weighted by Gasteiger charge is 2.29. The first kappa shape index (κ1) is 15.9. The second-order valence-electron chi connectivity index (χ2n) is 5.70. The molecule has 21 heavy (non-hydrogen) atoms. The highest BCUT2D eigenvalue weighted by Crippen LogP contribution is 2.14. The Morgan fingerprint density at radius 2 is 2.00 bits per heavy atom. The third-order valence-corrected chi connectivity index (χ3v) is 3.79. The van der Waals surface area contributed by atoms with E-state index in [1.807, 2.05) is 20.8 Å². The maximum Gasteiger partial charge on any atom is 0.237 e. The summed E-state index contributed by atoms with van der Waals surface area (Å²) in [5.41, 5.74) is 0.502. The molecule has 0 unspecified atom stereocenters. The van der Waals surface area contributed by atoms with Crippen LogP contribution in [0.2, 0.25) is 0 Å². The van der Waals surface area contributed by atoms with Gasteiger partial charge in [0, 0.05) is 25.2 Å². The molecule has 0 bridgehead atoms. The number of hydrogen-bond acceptors (Lipinski definition) is 3. The summed E-state index contributed by atoms with van der Waals surface area (Å²) in [7, 11) is 0. The van der Waals surface area contributed by atoms with Gasteiger partial charge in [-0.2, -0.15) is 0 Å². The van der Waals surface area contributed by atoms with E-state index in [1.54, 1.807) is 18.2 Å². The molecule has 1 aliphatic heterocycles. The molecule has 1 fully saturated rings. The number of hydrogen-bond donors (Lipinski definition) is 1. The number of benzene rings is 1. The van der Waals surface area contributed by atoms with E-state index in [0.29, 0.717) is 5.56 Å². The van der Waals surface area contributed by atoms with Gasteiger partial charge in [-0.3, -0.25) is 9.69 Å². The molecule has 0 aliphatic carbocycles. The minimum Gasteiger partial charge on any atom is -0.373 e. The average Bonchev–Trinajstić information content (AvgIpc) is 2.44. The van der Waals surface area contributed by atoms with Crippen molar-refractivity contribution in [3.05, 3.63) is 35.6 Å². The van der Waals surface area contributed by atoms with Crippen LogP contribution in [0.3, 0.4) is 0 Å². The van der Waals surface area contributed by atoms with E-state index < -0.39 is 0 Å². The smallest absolute Gasteiger partial charge is 0.237 e. The van der Waals surface area contributed by atoms with E-state index in [2.05, 4.69) is 10.2 Å². The number of carbonyl (C=O) groups excluding carboxylic acids is 1. The van der Waals surface area contributed by atoms with Crippen LogP contribution in [0.15, 0.2) is 24.3 Å². The van der Waals surface area contributed by atoms with Gasteiger partial charge < -0.3 is 10.1 Å². The quantitative estimate of drug-likeness (QED) is 0.923. The molecule has 1 amide bonds. The molecule has 1 saturated heterocycles. The SMILES string of the molecule is C[C@@H]1CN([C@H](C)C(=O)NCc2ccccc2F)C[C@@H](C)O1. The van der Waals surface area contributed by atoms with Crippen LogP contribution in [-0.2, 0) is 16.1 Å². The summed E-state index contributed by atoms with van der Waals surface area (Å²) in [4.78, 5) is 14.3. The lowest BCUT2D eigenvalue weighted by Gasteiger charge is -2.38. The van der Waals surface area contributed by atoms with Gasteiger partial charge >= 0.3 is 0 Å². The minimum atomic E-state index is -0.293. The van der Waals surface area contributed by atoms with E-state index in [0.717, 1.165) is 13.1 Å². The standard InChI is InChI=1S/C16H23FN2O2/c1-11-9-19(10-12(2)21-11)13(3)16(20)18-8-14-6-4-5-7-15(14)17/h4-7,11-13H,8-10H2,1-3H3,(H,18,20)/t11-,12-,13-/m1/s1. The molecule has 1 N–H and O–H groups in total. The molecule has 1 heterocycles. The zero-order chi connectivity index (χ0) is 15.4. The Morgan fingerprint density at radius 3 is 2.62 bits per heavy atom. The number of halogens is 1. The van der Waals surface area contributed by atoms with Crippen molar-refractivity contribution in [1.29, 1.82) is 0 Å². The second-order valence-corrected chi connectivity index (χ2v) is 5.70. The van der Waals surface area contributed by atoms with E-state index in [1.165, 1.54) is 6.07 Å². The van der Waals surface area contributed by atoms with Gasteiger partial charge in [-0.1, -0.05) is 18.2 Å². The zero-order valence-electron chi connectivity index (χ0n) is 12.8. The maximum absolute atomic E-state index is 13.5. The van der Waals surface area contributed by atoms with Crippen molar-refractivity contribution in [1.82, 2.24) is 10.2 Å². The van der Waals surface area contributed by atoms with Gasteiger partial charge in [-0.25, -0.2) is 4.39 Å². The van der Waals surface area contributed by atoms with Gasteiger partial charge in [0.1, 0.15) is 5.82 Å². The van der Waals surface area contributed by atoms with Crippen molar-refractivity contribution in [2.24, 2.45) is 0 Å². The van der Waals surface area contributed by atoms with Crippen molar-refractivity contribution in [3.63, 3.8) is 0 Å². The predicted octanol–water partition coefficient (Wildman–Crippen LogP) is 1.94. The molecule has 0 aromatic heterocycles. The first-order chi connectivity index (χ1) is 9.97. The van der Waals surface area contributed by atoms with Gasteiger partial charge in [-0.15, -0.1) is 0 Å². The van der Waals surface area contributed by atoms with Crippen molar-refractivity contribution < 1.29 is 13.9 Å². The number of morpholine rings is 1. The van der Waals surface area contributed by atoms with E-state index in [9.17, 15) is 9.18 Å². The molecule has 1 aromatic carbocycles. The van der Waals surface area contributed by atoms with E-state index in [-0.39, 0.29) is 36.5 Å². The summed E-state index contributed by atoms with van der Waals surface area (Å²) < 4.78 is 19.2. The summed E-state index contributed by atoms with van der Waals surface area (Å²) >= 11 is 0. The van der Waals surface area contributed by atoms with Crippen LogP contribution in [0.25, 0.3) is 0 Å². The number of amides is 1. The molecular weight excluding hydrogens is 271 g/mol.